The van der Waals surface area contributed by atoms with Crippen molar-refractivity contribution in [2.75, 3.05) is 32.1 Å². The van der Waals surface area contributed by atoms with Crippen LogP contribution in [0.15, 0.2) is 5.38 Å². The lowest BCUT2D eigenvalue weighted by Gasteiger charge is -2.18. The Kier molecular flexibility index (Phi) is 7.74. The summed E-state index contributed by atoms with van der Waals surface area (Å²) in [6.45, 7) is 6.00. The molecule has 0 saturated carbocycles. The molecule has 1 N–H and O–H groups in total. The number of amides is 1. The van der Waals surface area contributed by atoms with Crippen molar-refractivity contribution in [3.63, 3.8) is 0 Å². The van der Waals surface area contributed by atoms with E-state index in [-0.39, 0.29) is 11.9 Å². The lowest BCUT2D eigenvalue weighted by Crippen LogP contribution is -2.31. The molecule has 0 spiro atoms. The van der Waals surface area contributed by atoms with E-state index in [2.05, 4.69) is 15.0 Å². The van der Waals surface area contributed by atoms with Crippen LogP contribution < -0.4 is 5.32 Å². The van der Waals surface area contributed by atoms with Crippen LogP contribution in [0.25, 0.3) is 0 Å². The lowest BCUT2D eigenvalue weighted by molar-refractivity contribution is -0.140. The molecule has 0 aliphatic carbocycles. The van der Waals surface area contributed by atoms with Gasteiger partial charge in [0.05, 0.1) is 19.2 Å². The molecule has 6 nitrogen and oxygen atoms in total. The Hall–Kier alpha value is -1.63. The summed E-state index contributed by atoms with van der Waals surface area (Å²) in [4.78, 5) is 29.1. The summed E-state index contributed by atoms with van der Waals surface area (Å²) in [6.07, 6.45) is 1.36. The van der Waals surface area contributed by atoms with E-state index < -0.39 is 0 Å². The third-order valence-electron chi connectivity index (χ3n) is 3.10. The molecule has 21 heavy (non-hydrogen) atoms. The number of anilines is 1. The van der Waals surface area contributed by atoms with Crippen LogP contribution in [-0.2, 0) is 20.7 Å². The van der Waals surface area contributed by atoms with E-state index in [1.54, 1.807) is 0 Å². The Bertz CT molecular complexity index is 458. The van der Waals surface area contributed by atoms with Crippen LogP contribution in [-0.4, -0.2) is 48.5 Å². The van der Waals surface area contributed by atoms with Crippen LogP contribution in [0.1, 0.15) is 32.4 Å². The number of ether oxygens (including phenoxy) is 1. The van der Waals surface area contributed by atoms with Gasteiger partial charge in [0.25, 0.3) is 0 Å². The third kappa shape index (κ3) is 6.12. The van der Waals surface area contributed by atoms with Crippen molar-refractivity contribution in [2.45, 2.75) is 33.1 Å². The second-order valence-corrected chi connectivity index (χ2v) is 5.32. The molecule has 1 heterocycles. The first-order chi connectivity index (χ1) is 10.1. The minimum atomic E-state index is -0.234. The number of nitrogens with zero attached hydrogens (tertiary/aromatic N) is 2. The lowest BCUT2D eigenvalue weighted by atomic mass is 10.2. The molecule has 1 rings (SSSR count). The van der Waals surface area contributed by atoms with Crippen LogP contribution in [0.2, 0.25) is 0 Å². The number of hydrogen-bond acceptors (Lipinski definition) is 6. The van der Waals surface area contributed by atoms with Crippen LogP contribution in [0.3, 0.4) is 0 Å². The number of rotatable bonds is 9. The minimum Gasteiger partial charge on any atom is -0.469 e. The van der Waals surface area contributed by atoms with Gasteiger partial charge in [-0.25, -0.2) is 4.98 Å². The quantitative estimate of drug-likeness (QED) is 0.705. The standard InChI is InChI=1S/C14H23N3O3S/c1-4-17(5-2)12(18)8-9-15-14-16-11(10-21-14)6-7-13(19)20-3/h10H,4-9H2,1-3H3,(H,15,16). The molecule has 0 bridgehead atoms. The smallest absolute Gasteiger partial charge is 0.305 e. The zero-order valence-electron chi connectivity index (χ0n) is 12.8. The number of thiazole rings is 1. The number of aryl methyl sites for hydroxylation is 1. The van der Waals surface area contributed by atoms with Gasteiger partial charge in [0.1, 0.15) is 0 Å². The summed E-state index contributed by atoms with van der Waals surface area (Å²) in [5.74, 6) is -0.0858. The highest BCUT2D eigenvalue weighted by atomic mass is 32.1. The van der Waals surface area contributed by atoms with Gasteiger partial charge in [-0.2, -0.15) is 0 Å². The number of hydrogen-bond donors (Lipinski definition) is 1. The molecule has 0 aliphatic rings. The number of carbonyl (C=O) groups is 2. The topological polar surface area (TPSA) is 71.5 Å². The van der Waals surface area contributed by atoms with Gasteiger partial charge in [-0.05, 0) is 13.8 Å². The molecular weight excluding hydrogens is 290 g/mol. The van der Waals surface area contributed by atoms with Crippen LogP contribution in [0.5, 0.6) is 0 Å². The van der Waals surface area contributed by atoms with E-state index in [4.69, 9.17) is 0 Å². The fourth-order valence-corrected chi connectivity index (χ4v) is 2.62. The van der Waals surface area contributed by atoms with Gasteiger partial charge in [0, 0.05) is 37.9 Å². The summed E-state index contributed by atoms with van der Waals surface area (Å²) in [7, 11) is 1.38. The summed E-state index contributed by atoms with van der Waals surface area (Å²) >= 11 is 1.48. The Labute approximate surface area is 129 Å². The fraction of sp³-hybridized carbons (Fsp3) is 0.643. The van der Waals surface area contributed by atoms with Gasteiger partial charge < -0.3 is 15.0 Å². The Morgan fingerprint density at radius 3 is 2.67 bits per heavy atom. The molecule has 0 saturated heterocycles. The monoisotopic (exact) mass is 313 g/mol. The van der Waals surface area contributed by atoms with Gasteiger partial charge in [-0.1, -0.05) is 0 Å². The van der Waals surface area contributed by atoms with Gasteiger partial charge in [0.15, 0.2) is 5.13 Å². The summed E-state index contributed by atoms with van der Waals surface area (Å²) < 4.78 is 4.59. The van der Waals surface area contributed by atoms with Gasteiger partial charge >= 0.3 is 5.97 Å². The molecule has 1 amide bonds. The fourth-order valence-electron chi connectivity index (χ4n) is 1.85. The number of esters is 1. The summed E-state index contributed by atoms with van der Waals surface area (Å²) in [5, 5.41) is 5.84. The normalized spacial score (nSPS) is 10.2. The maximum Gasteiger partial charge on any atom is 0.305 e. The maximum atomic E-state index is 11.8. The predicted octanol–water partition coefficient (Wildman–Crippen LogP) is 1.92. The molecule has 7 heteroatoms. The van der Waals surface area contributed by atoms with Crippen molar-refractivity contribution in [3.8, 4) is 0 Å². The predicted molar refractivity (Wildman–Crippen MR) is 83.5 cm³/mol. The highest BCUT2D eigenvalue weighted by Crippen LogP contribution is 2.16. The number of methoxy groups -OCH3 is 1. The van der Waals surface area contributed by atoms with E-state index in [0.29, 0.717) is 25.8 Å². The number of aromatic nitrogens is 1. The molecule has 118 valence electrons. The van der Waals surface area contributed by atoms with Crippen molar-refractivity contribution in [2.24, 2.45) is 0 Å². The Balaban J connectivity index is 2.31. The molecule has 1 aromatic rings. The zero-order chi connectivity index (χ0) is 15.7. The molecule has 0 aliphatic heterocycles. The van der Waals surface area contributed by atoms with E-state index in [9.17, 15) is 9.59 Å². The summed E-state index contributed by atoms with van der Waals surface area (Å²) in [6, 6.07) is 0. The van der Waals surface area contributed by atoms with Gasteiger partial charge in [-0.3, -0.25) is 9.59 Å². The van der Waals surface area contributed by atoms with Crippen molar-refractivity contribution >= 4 is 28.3 Å². The van der Waals surface area contributed by atoms with E-state index in [0.717, 1.165) is 23.9 Å². The molecule has 0 aromatic carbocycles. The average Bonchev–Trinajstić information content (AvgIpc) is 2.94. The van der Waals surface area contributed by atoms with Gasteiger partial charge in [-0.15, -0.1) is 11.3 Å². The maximum absolute atomic E-state index is 11.8. The van der Waals surface area contributed by atoms with E-state index in [1.807, 2.05) is 24.1 Å². The van der Waals surface area contributed by atoms with E-state index >= 15 is 0 Å². The van der Waals surface area contributed by atoms with Crippen LogP contribution in [0.4, 0.5) is 5.13 Å². The summed E-state index contributed by atoms with van der Waals surface area (Å²) in [5.41, 5.74) is 0.864. The Morgan fingerprint density at radius 1 is 1.33 bits per heavy atom. The van der Waals surface area contributed by atoms with Crippen molar-refractivity contribution in [3.05, 3.63) is 11.1 Å². The van der Waals surface area contributed by atoms with E-state index in [1.165, 1.54) is 18.4 Å². The zero-order valence-corrected chi connectivity index (χ0v) is 13.7. The third-order valence-corrected chi connectivity index (χ3v) is 3.94. The first-order valence-electron chi connectivity index (χ1n) is 7.13. The first-order valence-corrected chi connectivity index (χ1v) is 8.01. The highest BCUT2D eigenvalue weighted by Gasteiger charge is 2.09. The molecule has 0 radical (unpaired) electrons. The minimum absolute atomic E-state index is 0.148. The average molecular weight is 313 g/mol. The molecular formula is C14H23N3O3S. The molecule has 0 unspecified atom stereocenters. The Morgan fingerprint density at radius 2 is 2.05 bits per heavy atom. The second kappa shape index (κ2) is 9.33. The van der Waals surface area contributed by atoms with Gasteiger partial charge in [0.2, 0.25) is 5.91 Å². The SMILES string of the molecule is CCN(CC)C(=O)CCNc1nc(CCC(=O)OC)cs1. The van der Waals surface area contributed by atoms with Crippen molar-refractivity contribution in [1.82, 2.24) is 9.88 Å². The van der Waals surface area contributed by atoms with Crippen LogP contribution in [0, 0.1) is 0 Å². The first kappa shape index (κ1) is 17.4. The largest absolute Gasteiger partial charge is 0.469 e. The molecule has 0 fully saturated rings. The second-order valence-electron chi connectivity index (χ2n) is 4.46. The van der Waals surface area contributed by atoms with Crippen molar-refractivity contribution in [1.29, 1.82) is 0 Å². The highest BCUT2D eigenvalue weighted by molar-refractivity contribution is 7.13. The molecule has 0 atom stereocenters. The molecule has 1 aromatic heterocycles. The number of nitrogens with one attached hydrogen (secondary N) is 1. The van der Waals surface area contributed by atoms with Crippen molar-refractivity contribution < 1.29 is 14.3 Å². The number of carbonyl (C=O) groups excluding carboxylic acids is 2. The van der Waals surface area contributed by atoms with Crippen LogP contribution >= 0.6 is 11.3 Å².